The van der Waals surface area contributed by atoms with Crippen LogP contribution in [0.5, 0.6) is 0 Å². The molecule has 3 nitrogen and oxygen atoms in total. The molecule has 2 atom stereocenters. The fourth-order valence-electron chi connectivity index (χ4n) is 1.59. The van der Waals surface area contributed by atoms with Gasteiger partial charge in [0.05, 0.1) is 6.54 Å². The van der Waals surface area contributed by atoms with Gasteiger partial charge in [0.15, 0.2) is 0 Å². The molecule has 0 aliphatic heterocycles. The van der Waals surface area contributed by atoms with E-state index in [9.17, 15) is 4.79 Å². The Morgan fingerprint density at radius 2 is 1.74 bits per heavy atom. The van der Waals surface area contributed by atoms with Crippen molar-refractivity contribution in [2.24, 2.45) is 5.92 Å². The van der Waals surface area contributed by atoms with Gasteiger partial charge in [-0.25, -0.2) is 0 Å². The van der Waals surface area contributed by atoms with Crippen molar-refractivity contribution < 1.29 is 4.79 Å². The van der Waals surface area contributed by atoms with Gasteiger partial charge in [-0.1, -0.05) is 41.9 Å². The molecule has 0 fully saturated rings. The number of amides is 1. The lowest BCUT2D eigenvalue weighted by Gasteiger charge is -2.19. The van der Waals surface area contributed by atoms with E-state index in [2.05, 4.69) is 59.5 Å². The number of halogens is 1. The van der Waals surface area contributed by atoms with Crippen molar-refractivity contribution in [3.8, 4) is 0 Å². The van der Waals surface area contributed by atoms with E-state index >= 15 is 0 Å². The highest BCUT2D eigenvalue weighted by atomic mass is 79.9. The van der Waals surface area contributed by atoms with Crippen LogP contribution >= 0.6 is 15.9 Å². The first-order chi connectivity index (χ1) is 8.90. The molecule has 106 valence electrons. The monoisotopic (exact) mass is 326 g/mol. The molecule has 0 saturated carbocycles. The van der Waals surface area contributed by atoms with Gasteiger partial charge in [-0.15, -0.1) is 0 Å². The number of benzene rings is 1. The van der Waals surface area contributed by atoms with Crippen LogP contribution in [-0.2, 0) is 4.79 Å². The number of carbonyl (C=O) groups is 1. The highest BCUT2D eigenvalue weighted by molar-refractivity contribution is 9.10. The molecule has 0 aliphatic carbocycles. The van der Waals surface area contributed by atoms with Crippen LogP contribution in [0.1, 0.15) is 39.3 Å². The zero-order chi connectivity index (χ0) is 14.4. The minimum absolute atomic E-state index is 0.0464. The topological polar surface area (TPSA) is 41.1 Å². The first-order valence-corrected chi connectivity index (χ1v) is 7.47. The third-order valence-electron chi connectivity index (χ3n) is 3.33. The molecule has 1 rings (SSSR count). The van der Waals surface area contributed by atoms with E-state index in [1.807, 2.05) is 19.1 Å². The molecule has 0 spiro atoms. The first kappa shape index (κ1) is 16.2. The summed E-state index contributed by atoms with van der Waals surface area (Å²) in [5, 5.41) is 6.22. The van der Waals surface area contributed by atoms with E-state index in [0.29, 0.717) is 12.5 Å². The zero-order valence-corrected chi connectivity index (χ0v) is 13.6. The summed E-state index contributed by atoms with van der Waals surface area (Å²) in [5.41, 5.74) is 1.17. The second-order valence-corrected chi connectivity index (χ2v) is 6.17. The molecule has 1 unspecified atom stereocenters. The van der Waals surface area contributed by atoms with Gasteiger partial charge in [0.2, 0.25) is 5.91 Å². The maximum absolute atomic E-state index is 11.8. The lowest BCUT2D eigenvalue weighted by molar-refractivity contribution is -0.121. The lowest BCUT2D eigenvalue weighted by Crippen LogP contribution is -2.41. The predicted molar refractivity (Wildman–Crippen MR) is 83.0 cm³/mol. The standard InChI is InChI=1S/C15H23BrN2O/c1-10(2)11(3)18-15(19)9-17-12(4)13-5-7-14(16)8-6-13/h5-8,10-12,17H,9H2,1-4H3,(H,18,19)/t11?,12-/m1/s1. The van der Waals surface area contributed by atoms with Crippen LogP contribution in [0, 0.1) is 5.92 Å². The molecule has 4 heteroatoms. The zero-order valence-electron chi connectivity index (χ0n) is 12.0. The van der Waals surface area contributed by atoms with E-state index in [-0.39, 0.29) is 18.0 Å². The van der Waals surface area contributed by atoms with Crippen LogP contribution in [0.4, 0.5) is 0 Å². The Bertz CT molecular complexity index is 403. The Hall–Kier alpha value is -0.870. The summed E-state index contributed by atoms with van der Waals surface area (Å²) in [7, 11) is 0. The lowest BCUT2D eigenvalue weighted by atomic mass is 10.1. The molecule has 1 aromatic rings. The number of hydrogen-bond acceptors (Lipinski definition) is 2. The Morgan fingerprint density at radius 1 is 1.16 bits per heavy atom. The van der Waals surface area contributed by atoms with E-state index in [4.69, 9.17) is 0 Å². The van der Waals surface area contributed by atoms with Crippen molar-refractivity contribution in [3.05, 3.63) is 34.3 Å². The Kier molecular flexibility index (Phi) is 6.52. The van der Waals surface area contributed by atoms with Crippen molar-refractivity contribution >= 4 is 21.8 Å². The van der Waals surface area contributed by atoms with E-state index in [0.717, 1.165) is 4.47 Å². The SMILES string of the molecule is CC(C)C(C)NC(=O)CN[C@H](C)c1ccc(Br)cc1. The Labute approximate surface area is 124 Å². The third-order valence-corrected chi connectivity index (χ3v) is 3.86. The quantitative estimate of drug-likeness (QED) is 0.842. The van der Waals surface area contributed by atoms with Crippen molar-refractivity contribution in [1.82, 2.24) is 10.6 Å². The summed E-state index contributed by atoms with van der Waals surface area (Å²) in [6, 6.07) is 8.49. The van der Waals surface area contributed by atoms with Gasteiger partial charge in [-0.3, -0.25) is 4.79 Å². The smallest absolute Gasteiger partial charge is 0.234 e. The second kappa shape index (κ2) is 7.65. The van der Waals surface area contributed by atoms with Crippen LogP contribution < -0.4 is 10.6 Å². The number of rotatable bonds is 6. The summed E-state index contributed by atoms with van der Waals surface area (Å²) in [4.78, 5) is 11.8. The molecule has 1 amide bonds. The fourth-order valence-corrected chi connectivity index (χ4v) is 1.85. The maximum Gasteiger partial charge on any atom is 0.234 e. The van der Waals surface area contributed by atoms with Gasteiger partial charge < -0.3 is 10.6 Å². The molecule has 1 aromatic carbocycles. The van der Waals surface area contributed by atoms with Gasteiger partial charge in [0.1, 0.15) is 0 Å². The number of nitrogens with one attached hydrogen (secondary N) is 2. The van der Waals surface area contributed by atoms with E-state index < -0.39 is 0 Å². The average molecular weight is 327 g/mol. The van der Waals surface area contributed by atoms with Crippen LogP contribution in [-0.4, -0.2) is 18.5 Å². The van der Waals surface area contributed by atoms with Crippen LogP contribution in [0.15, 0.2) is 28.7 Å². The Balaban J connectivity index is 2.39. The fraction of sp³-hybridized carbons (Fsp3) is 0.533. The second-order valence-electron chi connectivity index (χ2n) is 5.25. The van der Waals surface area contributed by atoms with Gasteiger partial charge in [0, 0.05) is 16.6 Å². The van der Waals surface area contributed by atoms with Gasteiger partial charge in [0.25, 0.3) is 0 Å². The molecule has 0 saturated heterocycles. The highest BCUT2D eigenvalue weighted by Gasteiger charge is 2.12. The van der Waals surface area contributed by atoms with Gasteiger partial charge in [-0.05, 0) is 37.5 Å². The van der Waals surface area contributed by atoms with Crippen LogP contribution in [0.3, 0.4) is 0 Å². The van der Waals surface area contributed by atoms with Crippen molar-refractivity contribution in [2.75, 3.05) is 6.54 Å². The number of hydrogen-bond donors (Lipinski definition) is 2. The van der Waals surface area contributed by atoms with E-state index in [1.54, 1.807) is 0 Å². The van der Waals surface area contributed by atoms with Gasteiger partial charge in [-0.2, -0.15) is 0 Å². The first-order valence-electron chi connectivity index (χ1n) is 6.68. The summed E-state index contributed by atoms with van der Waals surface area (Å²) >= 11 is 3.41. The molecular formula is C15H23BrN2O. The summed E-state index contributed by atoms with van der Waals surface area (Å²) in [5.74, 6) is 0.498. The van der Waals surface area contributed by atoms with Crippen LogP contribution in [0.25, 0.3) is 0 Å². The minimum atomic E-state index is 0.0464. The number of carbonyl (C=O) groups excluding carboxylic acids is 1. The molecule has 0 aliphatic rings. The molecule has 2 N–H and O–H groups in total. The highest BCUT2D eigenvalue weighted by Crippen LogP contribution is 2.16. The normalized spacial score (nSPS) is 14.2. The van der Waals surface area contributed by atoms with Crippen LogP contribution in [0.2, 0.25) is 0 Å². The molecule has 0 aromatic heterocycles. The maximum atomic E-state index is 11.8. The van der Waals surface area contributed by atoms with Crippen molar-refractivity contribution in [2.45, 2.75) is 39.8 Å². The predicted octanol–water partition coefficient (Wildman–Crippen LogP) is 3.26. The average Bonchev–Trinajstić information content (AvgIpc) is 2.36. The molecule has 0 bridgehead atoms. The summed E-state index contributed by atoms with van der Waals surface area (Å²) < 4.78 is 1.06. The summed E-state index contributed by atoms with van der Waals surface area (Å²) in [6.45, 7) is 8.63. The molecule has 19 heavy (non-hydrogen) atoms. The largest absolute Gasteiger partial charge is 0.352 e. The molecular weight excluding hydrogens is 304 g/mol. The van der Waals surface area contributed by atoms with Gasteiger partial charge >= 0.3 is 0 Å². The summed E-state index contributed by atoms with van der Waals surface area (Å²) in [6.07, 6.45) is 0. The third kappa shape index (κ3) is 5.74. The van der Waals surface area contributed by atoms with Crippen molar-refractivity contribution in [3.63, 3.8) is 0 Å². The molecule has 0 heterocycles. The minimum Gasteiger partial charge on any atom is -0.352 e. The van der Waals surface area contributed by atoms with Crippen molar-refractivity contribution in [1.29, 1.82) is 0 Å². The molecule has 0 radical (unpaired) electrons. The van der Waals surface area contributed by atoms with E-state index in [1.165, 1.54) is 5.56 Å². The Morgan fingerprint density at radius 3 is 2.26 bits per heavy atom.